The highest BCUT2D eigenvalue weighted by Crippen LogP contribution is 2.40. The van der Waals surface area contributed by atoms with Crippen LogP contribution >= 0.6 is 11.3 Å². The van der Waals surface area contributed by atoms with Crippen LogP contribution in [0.15, 0.2) is 53.5 Å². The number of nitrogens with zero attached hydrogens (tertiary/aromatic N) is 2. The van der Waals surface area contributed by atoms with E-state index in [1.54, 1.807) is 37.4 Å². The van der Waals surface area contributed by atoms with Gasteiger partial charge in [-0.3, -0.25) is 4.79 Å². The van der Waals surface area contributed by atoms with Crippen molar-refractivity contribution in [2.45, 2.75) is 31.6 Å². The fourth-order valence-corrected chi connectivity index (χ4v) is 4.21. The summed E-state index contributed by atoms with van der Waals surface area (Å²) < 4.78 is 7.78. The van der Waals surface area contributed by atoms with Crippen LogP contribution in [0.3, 0.4) is 0 Å². The molecule has 1 aromatic carbocycles. The molecule has 0 fully saturated rings. The third-order valence-corrected chi connectivity index (χ3v) is 5.66. The van der Waals surface area contributed by atoms with Crippen LogP contribution < -0.4 is 10.1 Å². The van der Waals surface area contributed by atoms with Gasteiger partial charge >= 0.3 is 0 Å². The predicted molar refractivity (Wildman–Crippen MR) is 106 cm³/mol. The number of rotatable bonds is 3. The van der Waals surface area contributed by atoms with E-state index in [0.29, 0.717) is 22.4 Å². The van der Waals surface area contributed by atoms with Gasteiger partial charge in [-0.15, -0.1) is 11.3 Å². The number of fused-ring (bicyclic) bond motifs is 1. The Morgan fingerprint density at radius 1 is 1.32 bits per heavy atom. The average molecular weight is 393 g/mol. The number of carbonyl (C=O) groups is 1. The van der Waals surface area contributed by atoms with Crippen molar-refractivity contribution in [3.63, 3.8) is 0 Å². The van der Waals surface area contributed by atoms with Crippen molar-refractivity contribution in [3.8, 4) is 17.5 Å². The summed E-state index contributed by atoms with van der Waals surface area (Å²) in [5.74, 6) is 0.260. The Bertz CT molecular complexity index is 1060. The lowest BCUT2D eigenvalue weighted by Gasteiger charge is -2.42. The van der Waals surface area contributed by atoms with Gasteiger partial charge in [-0.1, -0.05) is 0 Å². The topological polar surface area (TPSA) is 87.3 Å². The minimum Gasteiger partial charge on any atom is -0.485 e. The minimum absolute atomic E-state index is 0.292. The van der Waals surface area contributed by atoms with E-state index in [9.17, 15) is 15.2 Å². The molecule has 7 heteroatoms. The zero-order chi connectivity index (χ0) is 19.9. The molecule has 142 valence electrons. The van der Waals surface area contributed by atoms with Crippen LogP contribution in [0.5, 0.6) is 5.75 Å². The van der Waals surface area contributed by atoms with Gasteiger partial charge in [-0.2, -0.15) is 5.26 Å². The molecule has 6 nitrogen and oxygen atoms in total. The normalized spacial score (nSPS) is 19.9. The maximum Gasteiger partial charge on any atom is 0.254 e. The number of carbonyl (C=O) groups excluding carboxylic acids is 1. The average Bonchev–Trinajstić information content (AvgIpc) is 3.35. The largest absolute Gasteiger partial charge is 0.485 e. The van der Waals surface area contributed by atoms with Crippen molar-refractivity contribution >= 4 is 17.2 Å². The van der Waals surface area contributed by atoms with E-state index in [1.165, 1.54) is 11.3 Å². The Labute approximate surface area is 166 Å². The fourth-order valence-electron chi connectivity index (χ4n) is 3.40. The molecule has 0 aliphatic carbocycles. The zero-order valence-electron chi connectivity index (χ0n) is 15.4. The van der Waals surface area contributed by atoms with Gasteiger partial charge in [0.1, 0.15) is 17.5 Å². The summed E-state index contributed by atoms with van der Waals surface area (Å²) in [4.78, 5) is 13.1. The standard InChI is InChI=1S/C21H19N3O3S/c1-21(2)19(25)18(14-9-13(10-22)5-6-17(14)27-21)23-20(26)15-11-28-12-16(15)24-7-3-4-8-24/h3-9,11-12,18-19,25H,1-2H3,(H,23,26)/t18-,19+/m1/s1. The summed E-state index contributed by atoms with van der Waals surface area (Å²) >= 11 is 1.44. The molecule has 1 aliphatic rings. The second-order valence-corrected chi connectivity index (χ2v) is 7.97. The summed E-state index contributed by atoms with van der Waals surface area (Å²) in [5, 5.41) is 26.7. The monoisotopic (exact) mass is 393 g/mol. The molecular weight excluding hydrogens is 374 g/mol. The zero-order valence-corrected chi connectivity index (χ0v) is 16.2. The molecule has 4 rings (SSSR count). The van der Waals surface area contributed by atoms with Crippen LogP contribution in [-0.2, 0) is 0 Å². The molecule has 0 unspecified atom stereocenters. The molecule has 2 N–H and O–H groups in total. The molecule has 0 radical (unpaired) electrons. The maximum absolute atomic E-state index is 13.1. The first kappa shape index (κ1) is 18.3. The molecule has 0 spiro atoms. The van der Waals surface area contributed by atoms with Gasteiger partial charge in [0.25, 0.3) is 5.91 Å². The van der Waals surface area contributed by atoms with Gasteiger partial charge in [0, 0.05) is 28.7 Å². The van der Waals surface area contributed by atoms with Gasteiger partial charge in [-0.25, -0.2) is 0 Å². The number of aromatic nitrogens is 1. The van der Waals surface area contributed by atoms with Gasteiger partial charge in [0.15, 0.2) is 0 Å². The van der Waals surface area contributed by atoms with E-state index in [-0.39, 0.29) is 5.91 Å². The summed E-state index contributed by atoms with van der Waals surface area (Å²) in [6.07, 6.45) is 2.77. The summed E-state index contributed by atoms with van der Waals surface area (Å²) in [6, 6.07) is 10.2. The lowest BCUT2D eigenvalue weighted by Crippen LogP contribution is -2.53. The number of thiophene rings is 1. The third-order valence-electron chi connectivity index (χ3n) is 4.93. The molecule has 3 heterocycles. The van der Waals surface area contributed by atoms with Crippen LogP contribution in [0.1, 0.15) is 41.4 Å². The second-order valence-electron chi connectivity index (χ2n) is 7.23. The van der Waals surface area contributed by atoms with E-state index >= 15 is 0 Å². The second kappa shape index (κ2) is 6.82. The van der Waals surface area contributed by atoms with Crippen LogP contribution in [0.2, 0.25) is 0 Å². The van der Waals surface area contributed by atoms with Crippen molar-refractivity contribution in [3.05, 3.63) is 70.2 Å². The quantitative estimate of drug-likeness (QED) is 0.714. The molecular formula is C21H19N3O3S. The molecule has 2 aromatic heterocycles. The number of nitriles is 1. The van der Waals surface area contributed by atoms with Crippen molar-refractivity contribution in [1.82, 2.24) is 9.88 Å². The lowest BCUT2D eigenvalue weighted by atomic mass is 9.86. The van der Waals surface area contributed by atoms with E-state index in [4.69, 9.17) is 4.74 Å². The Hall–Kier alpha value is -3.08. The lowest BCUT2D eigenvalue weighted by molar-refractivity contribution is -0.0627. The Kier molecular flexibility index (Phi) is 4.46. The van der Waals surface area contributed by atoms with Crippen LogP contribution in [0.25, 0.3) is 5.69 Å². The van der Waals surface area contributed by atoms with Crippen LogP contribution in [0.4, 0.5) is 0 Å². The maximum atomic E-state index is 13.1. The van der Waals surface area contributed by atoms with E-state index < -0.39 is 17.7 Å². The van der Waals surface area contributed by atoms with Gasteiger partial charge < -0.3 is 19.7 Å². The Morgan fingerprint density at radius 2 is 2.07 bits per heavy atom. The van der Waals surface area contributed by atoms with Crippen LogP contribution in [0, 0.1) is 11.3 Å². The molecule has 1 amide bonds. The first-order valence-corrected chi connectivity index (χ1v) is 9.76. The number of aliphatic hydroxyl groups is 1. The summed E-state index contributed by atoms with van der Waals surface area (Å²) in [7, 11) is 0. The highest BCUT2D eigenvalue weighted by atomic mass is 32.1. The van der Waals surface area contributed by atoms with Crippen molar-refractivity contribution < 1.29 is 14.6 Å². The Morgan fingerprint density at radius 3 is 2.79 bits per heavy atom. The van der Waals surface area contributed by atoms with Crippen molar-refractivity contribution in [2.24, 2.45) is 0 Å². The minimum atomic E-state index is -0.980. The number of aliphatic hydroxyl groups excluding tert-OH is 1. The van der Waals surface area contributed by atoms with E-state index in [0.717, 1.165) is 5.69 Å². The first-order valence-electron chi connectivity index (χ1n) is 8.82. The first-order chi connectivity index (χ1) is 13.4. The molecule has 0 saturated carbocycles. The summed E-state index contributed by atoms with van der Waals surface area (Å²) in [6.45, 7) is 3.54. The number of hydrogen-bond donors (Lipinski definition) is 2. The number of amides is 1. The number of ether oxygens (including phenoxy) is 1. The highest BCUT2D eigenvalue weighted by molar-refractivity contribution is 7.08. The SMILES string of the molecule is CC1(C)Oc2ccc(C#N)cc2[C@@H](NC(=O)c2cscc2-n2cccc2)[C@@H]1O. The Balaban J connectivity index is 1.71. The number of benzene rings is 1. The molecule has 0 saturated heterocycles. The van der Waals surface area contributed by atoms with E-state index in [1.807, 2.05) is 34.5 Å². The van der Waals surface area contributed by atoms with E-state index in [2.05, 4.69) is 11.4 Å². The summed E-state index contributed by atoms with van der Waals surface area (Å²) in [5.41, 5.74) is 1.45. The number of nitrogens with one attached hydrogen (secondary N) is 1. The molecule has 3 aromatic rings. The van der Waals surface area contributed by atoms with Crippen LogP contribution in [-0.4, -0.2) is 27.3 Å². The number of hydrogen-bond acceptors (Lipinski definition) is 5. The molecule has 28 heavy (non-hydrogen) atoms. The third kappa shape index (κ3) is 3.07. The van der Waals surface area contributed by atoms with Crippen molar-refractivity contribution in [2.75, 3.05) is 0 Å². The molecule has 0 bridgehead atoms. The van der Waals surface area contributed by atoms with Gasteiger partial charge in [-0.05, 0) is 44.2 Å². The predicted octanol–water partition coefficient (Wildman–Crippen LogP) is 3.41. The van der Waals surface area contributed by atoms with Gasteiger partial charge in [0.05, 0.1) is 28.9 Å². The highest BCUT2D eigenvalue weighted by Gasteiger charge is 2.44. The van der Waals surface area contributed by atoms with Crippen molar-refractivity contribution in [1.29, 1.82) is 5.26 Å². The molecule has 2 atom stereocenters. The smallest absolute Gasteiger partial charge is 0.254 e. The molecule has 1 aliphatic heterocycles. The fraction of sp³-hybridized carbons (Fsp3) is 0.238. The van der Waals surface area contributed by atoms with Gasteiger partial charge in [0.2, 0.25) is 0 Å².